The summed E-state index contributed by atoms with van der Waals surface area (Å²) in [6.07, 6.45) is 4.35. The summed E-state index contributed by atoms with van der Waals surface area (Å²) in [5, 5.41) is 0. The molecule has 2 saturated heterocycles. The van der Waals surface area contributed by atoms with E-state index >= 15 is 0 Å². The van der Waals surface area contributed by atoms with E-state index in [9.17, 15) is 13.2 Å². The molecule has 8 heteroatoms. The fourth-order valence-electron chi connectivity index (χ4n) is 3.62. The standard InChI is InChI=1S/C17H25N3O4S/c1-2-24-17(21)14-8-12-19(13-9-14)25(22,23)20-11-5-7-16(20)15-6-3-4-10-18-15/h3-4,6,10,14,16H,2,5,7-9,11-13H2,1H3. The number of carbonyl (C=O) groups is 1. The van der Waals surface area contributed by atoms with Crippen LogP contribution in [0.1, 0.15) is 44.3 Å². The Morgan fingerprint density at radius 1 is 1.24 bits per heavy atom. The molecule has 1 unspecified atom stereocenters. The molecule has 0 aliphatic carbocycles. The summed E-state index contributed by atoms with van der Waals surface area (Å²) in [4.78, 5) is 16.2. The minimum absolute atomic E-state index is 0.198. The first-order valence-corrected chi connectivity index (χ1v) is 10.3. The van der Waals surface area contributed by atoms with Gasteiger partial charge in [0.15, 0.2) is 0 Å². The first-order chi connectivity index (χ1) is 12.0. The van der Waals surface area contributed by atoms with Crippen LogP contribution in [0.15, 0.2) is 24.4 Å². The van der Waals surface area contributed by atoms with E-state index < -0.39 is 10.2 Å². The number of hydrogen-bond acceptors (Lipinski definition) is 5. The number of carbonyl (C=O) groups excluding carboxylic acids is 1. The average Bonchev–Trinajstić information content (AvgIpc) is 3.13. The van der Waals surface area contributed by atoms with E-state index in [4.69, 9.17) is 4.74 Å². The molecule has 7 nitrogen and oxygen atoms in total. The molecule has 0 spiro atoms. The van der Waals surface area contributed by atoms with Crippen LogP contribution in [0, 0.1) is 5.92 Å². The fraction of sp³-hybridized carbons (Fsp3) is 0.647. The Bertz CT molecular complexity index is 687. The average molecular weight is 367 g/mol. The highest BCUT2D eigenvalue weighted by molar-refractivity contribution is 7.86. The summed E-state index contributed by atoms with van der Waals surface area (Å²) in [6, 6.07) is 5.40. The number of rotatable bonds is 5. The Morgan fingerprint density at radius 3 is 2.64 bits per heavy atom. The Kier molecular flexibility index (Phi) is 5.71. The maximum atomic E-state index is 13.1. The molecule has 2 aliphatic rings. The number of hydrogen-bond donors (Lipinski definition) is 0. The van der Waals surface area contributed by atoms with Crippen molar-refractivity contribution in [3.8, 4) is 0 Å². The third-order valence-electron chi connectivity index (χ3n) is 4.93. The van der Waals surface area contributed by atoms with Crippen LogP contribution in [0.4, 0.5) is 0 Å². The Morgan fingerprint density at radius 2 is 2.00 bits per heavy atom. The Labute approximate surface area is 149 Å². The van der Waals surface area contributed by atoms with Crippen LogP contribution in [0.5, 0.6) is 0 Å². The SMILES string of the molecule is CCOC(=O)C1CCN(S(=O)(=O)N2CCCC2c2ccccn2)CC1. The molecule has 138 valence electrons. The van der Waals surface area contributed by atoms with E-state index in [2.05, 4.69) is 4.98 Å². The second kappa shape index (κ2) is 7.80. The third-order valence-corrected chi connectivity index (χ3v) is 6.98. The second-order valence-corrected chi connectivity index (χ2v) is 8.34. The van der Waals surface area contributed by atoms with Gasteiger partial charge in [-0.25, -0.2) is 0 Å². The Hall–Kier alpha value is -1.51. The van der Waals surface area contributed by atoms with Crippen LogP contribution < -0.4 is 0 Å². The zero-order chi connectivity index (χ0) is 17.9. The van der Waals surface area contributed by atoms with Gasteiger partial charge in [0.25, 0.3) is 10.2 Å². The molecule has 1 aromatic rings. The van der Waals surface area contributed by atoms with Crippen molar-refractivity contribution >= 4 is 16.2 Å². The van der Waals surface area contributed by atoms with E-state index in [-0.39, 0.29) is 17.9 Å². The summed E-state index contributed by atoms with van der Waals surface area (Å²) in [6.45, 7) is 3.37. The van der Waals surface area contributed by atoms with Crippen LogP contribution in [-0.4, -0.2) is 54.2 Å². The molecule has 0 aromatic carbocycles. The summed E-state index contributed by atoms with van der Waals surface area (Å²) in [5.74, 6) is -0.413. The van der Waals surface area contributed by atoms with E-state index in [1.54, 1.807) is 17.4 Å². The highest BCUT2D eigenvalue weighted by atomic mass is 32.2. The molecule has 0 N–H and O–H groups in total. The fourth-order valence-corrected chi connectivity index (χ4v) is 5.48. The van der Waals surface area contributed by atoms with Gasteiger partial charge in [0, 0.05) is 25.8 Å². The van der Waals surface area contributed by atoms with Crippen LogP contribution in [0.2, 0.25) is 0 Å². The minimum Gasteiger partial charge on any atom is -0.466 e. The highest BCUT2D eigenvalue weighted by Gasteiger charge is 2.41. The van der Waals surface area contributed by atoms with Crippen molar-refractivity contribution in [3.05, 3.63) is 30.1 Å². The molecule has 0 bridgehead atoms. The van der Waals surface area contributed by atoms with Crippen molar-refractivity contribution in [2.75, 3.05) is 26.2 Å². The summed E-state index contributed by atoms with van der Waals surface area (Å²) in [7, 11) is -3.55. The topological polar surface area (TPSA) is 79.8 Å². The second-order valence-electron chi connectivity index (χ2n) is 6.46. The van der Waals surface area contributed by atoms with Gasteiger partial charge in [0.1, 0.15) is 0 Å². The predicted octanol–water partition coefficient (Wildman–Crippen LogP) is 1.74. The van der Waals surface area contributed by atoms with Crippen LogP contribution in [-0.2, 0) is 19.7 Å². The molecule has 0 amide bonds. The maximum absolute atomic E-state index is 13.1. The van der Waals surface area contributed by atoms with Crippen molar-refractivity contribution in [2.45, 2.75) is 38.6 Å². The van der Waals surface area contributed by atoms with Gasteiger partial charge in [-0.05, 0) is 44.7 Å². The highest BCUT2D eigenvalue weighted by Crippen LogP contribution is 2.35. The summed E-state index contributed by atoms with van der Waals surface area (Å²) < 4.78 is 34.3. The number of nitrogens with zero attached hydrogens (tertiary/aromatic N) is 3. The molecule has 1 aromatic heterocycles. The van der Waals surface area contributed by atoms with Gasteiger partial charge in [0.2, 0.25) is 0 Å². The van der Waals surface area contributed by atoms with Crippen LogP contribution in [0.3, 0.4) is 0 Å². The lowest BCUT2D eigenvalue weighted by molar-refractivity contribution is -0.149. The number of ether oxygens (including phenoxy) is 1. The lowest BCUT2D eigenvalue weighted by Crippen LogP contribution is -2.47. The maximum Gasteiger partial charge on any atom is 0.309 e. The Balaban J connectivity index is 1.69. The lowest BCUT2D eigenvalue weighted by atomic mass is 9.98. The van der Waals surface area contributed by atoms with Crippen molar-refractivity contribution in [3.63, 3.8) is 0 Å². The summed E-state index contributed by atoms with van der Waals surface area (Å²) in [5.41, 5.74) is 0.796. The van der Waals surface area contributed by atoms with Crippen molar-refractivity contribution in [1.82, 2.24) is 13.6 Å². The van der Waals surface area contributed by atoms with Gasteiger partial charge in [-0.1, -0.05) is 6.07 Å². The molecule has 3 heterocycles. The van der Waals surface area contributed by atoms with Gasteiger partial charge in [-0.15, -0.1) is 0 Å². The van der Waals surface area contributed by atoms with Crippen molar-refractivity contribution in [1.29, 1.82) is 0 Å². The van der Waals surface area contributed by atoms with E-state index in [0.717, 1.165) is 18.5 Å². The van der Waals surface area contributed by atoms with Gasteiger partial charge < -0.3 is 4.74 Å². The first kappa shape index (κ1) is 18.3. The molecule has 0 radical (unpaired) electrons. The normalized spacial score (nSPS) is 23.6. The zero-order valence-electron chi connectivity index (χ0n) is 14.5. The number of piperidine rings is 1. The molecule has 2 fully saturated rings. The van der Waals surface area contributed by atoms with Crippen LogP contribution >= 0.6 is 0 Å². The molecule has 0 saturated carbocycles. The third kappa shape index (κ3) is 3.86. The molecule has 3 rings (SSSR count). The molecule has 1 atom stereocenters. The van der Waals surface area contributed by atoms with Crippen LogP contribution in [0.25, 0.3) is 0 Å². The number of pyridine rings is 1. The molecular weight excluding hydrogens is 342 g/mol. The predicted molar refractivity (Wildman–Crippen MR) is 92.8 cm³/mol. The van der Waals surface area contributed by atoms with Gasteiger partial charge in [-0.2, -0.15) is 17.0 Å². The molecule has 25 heavy (non-hydrogen) atoms. The molecular formula is C17H25N3O4S. The van der Waals surface area contributed by atoms with E-state index in [1.165, 1.54) is 4.31 Å². The van der Waals surface area contributed by atoms with Gasteiger partial charge >= 0.3 is 5.97 Å². The minimum atomic E-state index is -3.55. The zero-order valence-corrected chi connectivity index (χ0v) is 15.3. The first-order valence-electron chi connectivity index (χ1n) is 8.88. The largest absolute Gasteiger partial charge is 0.466 e. The van der Waals surface area contributed by atoms with E-state index in [0.29, 0.717) is 39.1 Å². The quantitative estimate of drug-likeness (QED) is 0.741. The number of esters is 1. The van der Waals surface area contributed by atoms with Gasteiger partial charge in [-0.3, -0.25) is 9.78 Å². The summed E-state index contributed by atoms with van der Waals surface area (Å²) >= 11 is 0. The van der Waals surface area contributed by atoms with Gasteiger partial charge in [0.05, 0.1) is 24.3 Å². The van der Waals surface area contributed by atoms with Crippen molar-refractivity contribution < 1.29 is 17.9 Å². The monoisotopic (exact) mass is 367 g/mol. The van der Waals surface area contributed by atoms with E-state index in [1.807, 2.05) is 18.2 Å². The van der Waals surface area contributed by atoms with Crippen molar-refractivity contribution in [2.24, 2.45) is 5.92 Å². The molecule has 2 aliphatic heterocycles. The smallest absolute Gasteiger partial charge is 0.309 e. The lowest BCUT2D eigenvalue weighted by Gasteiger charge is -2.34. The number of aromatic nitrogens is 1.